The first-order valence-corrected chi connectivity index (χ1v) is 5.24. The van der Waals surface area contributed by atoms with Gasteiger partial charge in [-0.3, -0.25) is 4.57 Å². The molecule has 0 amide bonds. The standard InChI is InChI=1S/C6H15O4P/c1-2-3-4-5-6-10-11(7,8)9/h2-6H2,1H3,(H2,7,8,9)/p-1. The van der Waals surface area contributed by atoms with Crippen molar-refractivity contribution in [2.75, 3.05) is 6.61 Å². The second kappa shape index (κ2) is 5.72. The van der Waals surface area contributed by atoms with Crippen LogP contribution in [0.4, 0.5) is 0 Å². The zero-order chi connectivity index (χ0) is 8.74. The molecular weight excluding hydrogens is 167 g/mol. The van der Waals surface area contributed by atoms with E-state index in [1.807, 2.05) is 0 Å². The van der Waals surface area contributed by atoms with Crippen molar-refractivity contribution in [3.63, 3.8) is 0 Å². The highest BCUT2D eigenvalue weighted by molar-refractivity contribution is 7.44. The number of phosphoric ester groups is 1. The van der Waals surface area contributed by atoms with E-state index in [0.29, 0.717) is 6.42 Å². The molecule has 0 aromatic rings. The molecule has 0 saturated carbocycles. The molecule has 0 aliphatic carbocycles. The van der Waals surface area contributed by atoms with Crippen LogP contribution in [-0.4, -0.2) is 11.5 Å². The molecule has 11 heavy (non-hydrogen) atoms. The second-order valence-corrected chi connectivity index (χ2v) is 3.56. The molecule has 0 aliphatic rings. The van der Waals surface area contributed by atoms with Crippen LogP contribution in [0.3, 0.4) is 0 Å². The van der Waals surface area contributed by atoms with Gasteiger partial charge >= 0.3 is 0 Å². The summed E-state index contributed by atoms with van der Waals surface area (Å²) in [4.78, 5) is 18.2. The molecular formula is C6H14O4P-. The lowest BCUT2D eigenvalue weighted by Crippen LogP contribution is -2.04. The topological polar surface area (TPSA) is 69.6 Å². The van der Waals surface area contributed by atoms with Crippen LogP contribution in [-0.2, 0) is 9.09 Å². The van der Waals surface area contributed by atoms with E-state index < -0.39 is 7.82 Å². The third-order valence-corrected chi connectivity index (χ3v) is 1.76. The molecule has 1 unspecified atom stereocenters. The Bertz CT molecular complexity index is 131. The molecule has 0 bridgehead atoms. The fourth-order valence-corrected chi connectivity index (χ4v) is 1.07. The minimum Gasteiger partial charge on any atom is -0.756 e. The highest BCUT2D eigenvalue weighted by Gasteiger charge is 1.99. The summed E-state index contributed by atoms with van der Waals surface area (Å²) in [6.45, 7) is 2.16. The van der Waals surface area contributed by atoms with Crippen molar-refractivity contribution in [3.05, 3.63) is 0 Å². The van der Waals surface area contributed by atoms with Gasteiger partial charge in [0.05, 0.1) is 6.61 Å². The third kappa shape index (κ3) is 10.1. The number of hydrogen-bond acceptors (Lipinski definition) is 3. The van der Waals surface area contributed by atoms with Gasteiger partial charge in [-0.1, -0.05) is 26.2 Å². The average molecular weight is 181 g/mol. The van der Waals surface area contributed by atoms with Crippen molar-refractivity contribution in [2.45, 2.75) is 32.6 Å². The van der Waals surface area contributed by atoms with E-state index in [1.54, 1.807) is 0 Å². The molecule has 0 saturated heterocycles. The fraction of sp³-hybridized carbons (Fsp3) is 1.00. The normalized spacial score (nSPS) is 16.3. The van der Waals surface area contributed by atoms with Crippen LogP contribution in [0.2, 0.25) is 0 Å². The molecule has 0 spiro atoms. The zero-order valence-corrected chi connectivity index (χ0v) is 7.55. The summed E-state index contributed by atoms with van der Waals surface area (Å²) in [5, 5.41) is 0. The first-order chi connectivity index (χ1) is 5.06. The Balaban J connectivity index is 3.09. The molecule has 1 atom stereocenters. The lowest BCUT2D eigenvalue weighted by atomic mass is 10.2. The molecule has 1 N–H and O–H groups in total. The van der Waals surface area contributed by atoms with Crippen molar-refractivity contribution in [1.82, 2.24) is 0 Å². The van der Waals surface area contributed by atoms with E-state index in [-0.39, 0.29) is 6.61 Å². The Labute approximate surface area is 66.8 Å². The van der Waals surface area contributed by atoms with Crippen molar-refractivity contribution >= 4 is 7.82 Å². The minimum atomic E-state index is -4.46. The van der Waals surface area contributed by atoms with Gasteiger partial charge in [-0.25, -0.2) is 0 Å². The highest BCUT2D eigenvalue weighted by Crippen LogP contribution is 2.30. The molecule has 0 heterocycles. The number of hydrogen-bond donors (Lipinski definition) is 1. The van der Waals surface area contributed by atoms with Crippen LogP contribution in [0.15, 0.2) is 0 Å². The summed E-state index contributed by atoms with van der Waals surface area (Å²) < 4.78 is 14.2. The van der Waals surface area contributed by atoms with Gasteiger partial charge < -0.3 is 14.3 Å². The Hall–Kier alpha value is 0.110. The summed E-state index contributed by atoms with van der Waals surface area (Å²) in [6, 6.07) is 0. The molecule has 4 nitrogen and oxygen atoms in total. The van der Waals surface area contributed by atoms with Gasteiger partial charge in [-0.15, -0.1) is 0 Å². The summed E-state index contributed by atoms with van der Waals surface area (Å²) in [5.41, 5.74) is 0. The average Bonchev–Trinajstić information content (AvgIpc) is 1.85. The van der Waals surface area contributed by atoms with Crippen LogP contribution < -0.4 is 4.89 Å². The largest absolute Gasteiger partial charge is 0.756 e. The Morgan fingerprint density at radius 2 is 2.09 bits per heavy atom. The Morgan fingerprint density at radius 1 is 1.45 bits per heavy atom. The third-order valence-electron chi connectivity index (χ3n) is 1.25. The van der Waals surface area contributed by atoms with Crippen LogP contribution in [0, 0.1) is 0 Å². The maximum atomic E-state index is 10.0. The van der Waals surface area contributed by atoms with E-state index in [4.69, 9.17) is 4.89 Å². The maximum absolute atomic E-state index is 10.0. The predicted octanol–water partition coefficient (Wildman–Crippen LogP) is 1.04. The van der Waals surface area contributed by atoms with Crippen LogP contribution in [0.25, 0.3) is 0 Å². The zero-order valence-electron chi connectivity index (χ0n) is 6.65. The highest BCUT2D eigenvalue weighted by atomic mass is 31.2. The fourth-order valence-electron chi connectivity index (χ4n) is 0.709. The first-order valence-electron chi connectivity index (χ1n) is 3.74. The Morgan fingerprint density at radius 3 is 2.55 bits per heavy atom. The van der Waals surface area contributed by atoms with Crippen LogP contribution in [0.5, 0.6) is 0 Å². The molecule has 0 fully saturated rings. The van der Waals surface area contributed by atoms with Gasteiger partial charge in [0.1, 0.15) is 0 Å². The monoisotopic (exact) mass is 181 g/mol. The molecule has 0 aliphatic heterocycles. The van der Waals surface area contributed by atoms with Crippen LogP contribution in [0.1, 0.15) is 32.6 Å². The lowest BCUT2D eigenvalue weighted by Gasteiger charge is -2.14. The van der Waals surface area contributed by atoms with Crippen molar-refractivity contribution in [1.29, 1.82) is 0 Å². The van der Waals surface area contributed by atoms with Gasteiger partial charge in [-0.2, -0.15) is 0 Å². The van der Waals surface area contributed by atoms with E-state index in [2.05, 4.69) is 11.4 Å². The summed E-state index contributed by atoms with van der Waals surface area (Å²) in [6.07, 6.45) is 3.78. The van der Waals surface area contributed by atoms with E-state index >= 15 is 0 Å². The summed E-state index contributed by atoms with van der Waals surface area (Å²) >= 11 is 0. The molecule has 5 heteroatoms. The number of rotatable bonds is 6. The summed E-state index contributed by atoms with van der Waals surface area (Å²) in [7, 11) is -4.46. The van der Waals surface area contributed by atoms with E-state index in [0.717, 1.165) is 19.3 Å². The second-order valence-electron chi connectivity index (χ2n) is 2.36. The molecule has 0 aromatic carbocycles. The maximum Gasteiger partial charge on any atom is 0.265 e. The predicted molar refractivity (Wildman–Crippen MR) is 39.9 cm³/mol. The first kappa shape index (κ1) is 11.1. The molecule has 0 radical (unpaired) electrons. The smallest absolute Gasteiger partial charge is 0.265 e. The van der Waals surface area contributed by atoms with Crippen molar-refractivity contribution in [2.24, 2.45) is 0 Å². The van der Waals surface area contributed by atoms with Gasteiger partial charge in [-0.05, 0) is 6.42 Å². The SMILES string of the molecule is CCCCCCOP(=O)([O-])O. The van der Waals surface area contributed by atoms with E-state index in [1.165, 1.54) is 0 Å². The van der Waals surface area contributed by atoms with Gasteiger partial charge in [0.15, 0.2) is 0 Å². The van der Waals surface area contributed by atoms with Gasteiger partial charge in [0, 0.05) is 0 Å². The van der Waals surface area contributed by atoms with E-state index in [9.17, 15) is 9.46 Å². The van der Waals surface area contributed by atoms with Crippen molar-refractivity contribution < 1.29 is 18.9 Å². The molecule has 68 valence electrons. The van der Waals surface area contributed by atoms with Gasteiger partial charge in [0.25, 0.3) is 7.82 Å². The minimum absolute atomic E-state index is 0.0945. The molecule has 0 rings (SSSR count). The number of unbranched alkanes of at least 4 members (excludes halogenated alkanes) is 3. The Kier molecular flexibility index (Phi) is 5.78. The van der Waals surface area contributed by atoms with Crippen LogP contribution >= 0.6 is 7.82 Å². The summed E-state index contributed by atoms with van der Waals surface area (Å²) in [5.74, 6) is 0. The number of phosphoric acid groups is 1. The quantitative estimate of drug-likeness (QED) is 0.491. The van der Waals surface area contributed by atoms with Gasteiger partial charge in [0.2, 0.25) is 0 Å². The lowest BCUT2D eigenvalue weighted by molar-refractivity contribution is -0.219. The molecule has 0 aromatic heterocycles. The van der Waals surface area contributed by atoms with Crippen molar-refractivity contribution in [3.8, 4) is 0 Å².